The third-order valence-electron chi connectivity index (χ3n) is 3.09. The summed E-state index contributed by atoms with van der Waals surface area (Å²) in [4.78, 5) is 12.8. The first-order valence-corrected chi connectivity index (χ1v) is 8.77. The van der Waals surface area contributed by atoms with Crippen LogP contribution in [-0.4, -0.2) is 17.6 Å². The van der Waals surface area contributed by atoms with Gasteiger partial charge in [-0.1, -0.05) is 23.8 Å². The smallest absolute Gasteiger partial charge is 0.267 e. The predicted octanol–water partition coefficient (Wildman–Crippen LogP) is 2.52. The van der Waals surface area contributed by atoms with Crippen molar-refractivity contribution in [3.63, 3.8) is 0 Å². The largest absolute Gasteiger partial charge is 0.286 e. The van der Waals surface area contributed by atoms with Crippen molar-refractivity contribution in [2.24, 2.45) is 0 Å². The van der Waals surface area contributed by atoms with Crippen LogP contribution in [0.4, 0.5) is 0 Å². The van der Waals surface area contributed by atoms with Crippen LogP contribution >= 0.6 is 11.3 Å². The number of nitrogens with zero attached hydrogens (tertiary/aromatic N) is 2. The zero-order chi connectivity index (χ0) is 15.7. The monoisotopic (exact) mass is 332 g/mol. The van der Waals surface area contributed by atoms with Crippen LogP contribution in [0.1, 0.15) is 5.56 Å². The van der Waals surface area contributed by atoms with E-state index in [9.17, 15) is 13.2 Å². The molecule has 0 amide bonds. The Balaban J connectivity index is 2.16. The van der Waals surface area contributed by atoms with E-state index in [0.717, 1.165) is 10.4 Å². The van der Waals surface area contributed by atoms with Gasteiger partial charge in [-0.05, 0) is 36.6 Å². The molecule has 7 heteroatoms. The molecule has 2 aromatic heterocycles. The molecule has 2 heterocycles. The standard InChI is InChI=1S/C15H12N2O3S2/c1-11-4-6-12(7-5-11)22(19,20)17-15(18)9-8-13(16-17)14-3-2-10-21-14/h2-10H,1H3. The molecular weight excluding hydrogens is 320 g/mol. The van der Waals surface area contributed by atoms with E-state index < -0.39 is 15.6 Å². The molecule has 0 bridgehead atoms. The van der Waals surface area contributed by atoms with Crippen molar-refractivity contribution in [1.82, 2.24) is 9.19 Å². The van der Waals surface area contributed by atoms with Gasteiger partial charge in [-0.25, -0.2) is 0 Å². The molecule has 3 aromatic rings. The van der Waals surface area contributed by atoms with Crippen molar-refractivity contribution in [2.75, 3.05) is 0 Å². The van der Waals surface area contributed by atoms with Gasteiger partial charge in [0.05, 0.1) is 9.77 Å². The highest BCUT2D eigenvalue weighted by Crippen LogP contribution is 2.22. The Labute approximate surface area is 131 Å². The molecule has 0 spiro atoms. The summed E-state index contributed by atoms with van der Waals surface area (Å²) in [5.41, 5.74) is 0.706. The fraction of sp³-hybridized carbons (Fsp3) is 0.0667. The van der Waals surface area contributed by atoms with Gasteiger partial charge in [0.1, 0.15) is 5.69 Å². The first-order chi connectivity index (χ1) is 10.5. The van der Waals surface area contributed by atoms with Crippen LogP contribution in [0.3, 0.4) is 0 Å². The second-order valence-corrected chi connectivity index (χ2v) is 7.41. The molecule has 0 aliphatic rings. The Kier molecular flexibility index (Phi) is 3.67. The topological polar surface area (TPSA) is 69.0 Å². The van der Waals surface area contributed by atoms with E-state index in [1.165, 1.54) is 35.6 Å². The Morgan fingerprint density at radius 1 is 1.05 bits per heavy atom. The molecule has 0 saturated carbocycles. The van der Waals surface area contributed by atoms with E-state index in [-0.39, 0.29) is 4.90 Å². The maximum atomic E-state index is 12.6. The molecule has 22 heavy (non-hydrogen) atoms. The summed E-state index contributed by atoms with van der Waals surface area (Å²) in [6, 6.07) is 12.7. The molecule has 1 aromatic carbocycles. The summed E-state index contributed by atoms with van der Waals surface area (Å²) >= 11 is 1.43. The first-order valence-electron chi connectivity index (χ1n) is 6.45. The maximum absolute atomic E-state index is 12.6. The summed E-state index contributed by atoms with van der Waals surface area (Å²) in [6.45, 7) is 1.86. The van der Waals surface area contributed by atoms with Crippen molar-refractivity contribution in [3.05, 3.63) is 69.8 Å². The van der Waals surface area contributed by atoms with Crippen LogP contribution in [-0.2, 0) is 10.0 Å². The summed E-state index contributed by atoms with van der Waals surface area (Å²) in [5.74, 6) is 0. The summed E-state index contributed by atoms with van der Waals surface area (Å²) in [7, 11) is -4.00. The first kappa shape index (κ1) is 14.7. The van der Waals surface area contributed by atoms with Gasteiger partial charge in [0.2, 0.25) is 0 Å². The van der Waals surface area contributed by atoms with Crippen molar-refractivity contribution in [1.29, 1.82) is 0 Å². The van der Waals surface area contributed by atoms with Crippen LogP contribution in [0.2, 0.25) is 0 Å². The van der Waals surface area contributed by atoms with Crippen molar-refractivity contribution < 1.29 is 8.42 Å². The number of thiophene rings is 1. The van der Waals surface area contributed by atoms with Crippen LogP contribution in [0.15, 0.2) is 63.6 Å². The minimum Gasteiger partial charge on any atom is -0.267 e. The molecule has 0 fully saturated rings. The van der Waals surface area contributed by atoms with Crippen LogP contribution < -0.4 is 5.56 Å². The molecule has 0 unspecified atom stereocenters. The Morgan fingerprint density at radius 2 is 1.77 bits per heavy atom. The Bertz CT molecular complexity index is 957. The minimum atomic E-state index is -4.00. The van der Waals surface area contributed by atoms with Gasteiger partial charge >= 0.3 is 0 Å². The third-order valence-corrected chi connectivity index (χ3v) is 5.57. The lowest BCUT2D eigenvalue weighted by Crippen LogP contribution is -2.29. The number of hydrogen-bond donors (Lipinski definition) is 0. The molecule has 0 aliphatic carbocycles. The lowest BCUT2D eigenvalue weighted by molar-refractivity contribution is 0.576. The van der Waals surface area contributed by atoms with E-state index in [1.807, 2.05) is 24.4 Å². The molecule has 0 aliphatic heterocycles. The van der Waals surface area contributed by atoms with Gasteiger partial charge < -0.3 is 0 Å². The molecule has 3 rings (SSSR count). The highest BCUT2D eigenvalue weighted by molar-refractivity contribution is 7.89. The van der Waals surface area contributed by atoms with Crippen LogP contribution in [0.5, 0.6) is 0 Å². The van der Waals surface area contributed by atoms with E-state index in [0.29, 0.717) is 9.78 Å². The fourth-order valence-corrected chi connectivity index (χ4v) is 3.80. The van der Waals surface area contributed by atoms with Gasteiger partial charge in [-0.15, -0.1) is 15.4 Å². The minimum absolute atomic E-state index is 0.0380. The summed E-state index contributed by atoms with van der Waals surface area (Å²) in [6.07, 6.45) is 0. The zero-order valence-electron chi connectivity index (χ0n) is 11.6. The number of hydrogen-bond acceptors (Lipinski definition) is 5. The molecule has 0 N–H and O–H groups in total. The Morgan fingerprint density at radius 3 is 2.41 bits per heavy atom. The van der Waals surface area contributed by atoms with Gasteiger partial charge in [-0.3, -0.25) is 4.79 Å². The predicted molar refractivity (Wildman–Crippen MR) is 85.6 cm³/mol. The van der Waals surface area contributed by atoms with E-state index in [2.05, 4.69) is 5.10 Å². The number of benzene rings is 1. The van der Waals surface area contributed by atoms with Crippen molar-refractivity contribution in [2.45, 2.75) is 11.8 Å². The Hall–Kier alpha value is -2.25. The summed E-state index contributed by atoms with van der Waals surface area (Å²) < 4.78 is 25.7. The van der Waals surface area contributed by atoms with Crippen LogP contribution in [0.25, 0.3) is 10.6 Å². The lowest BCUT2D eigenvalue weighted by Gasteiger charge is -2.07. The molecule has 0 radical (unpaired) electrons. The van der Waals surface area contributed by atoms with Gasteiger partial charge in [-0.2, -0.15) is 13.5 Å². The number of rotatable bonds is 3. The average Bonchev–Trinajstić information content (AvgIpc) is 3.02. The lowest BCUT2D eigenvalue weighted by atomic mass is 10.2. The maximum Gasteiger partial charge on any atom is 0.286 e. The molecule has 5 nitrogen and oxygen atoms in total. The zero-order valence-corrected chi connectivity index (χ0v) is 13.3. The average molecular weight is 332 g/mol. The highest BCUT2D eigenvalue weighted by Gasteiger charge is 2.20. The second-order valence-electron chi connectivity index (χ2n) is 4.70. The van der Waals surface area contributed by atoms with Crippen LogP contribution in [0, 0.1) is 6.92 Å². The quantitative estimate of drug-likeness (QED) is 0.739. The fourth-order valence-electron chi connectivity index (χ4n) is 1.93. The van der Waals surface area contributed by atoms with E-state index >= 15 is 0 Å². The SMILES string of the molecule is Cc1ccc(S(=O)(=O)n2nc(-c3cccs3)ccc2=O)cc1. The van der Waals surface area contributed by atoms with E-state index in [1.54, 1.807) is 12.1 Å². The van der Waals surface area contributed by atoms with Crippen molar-refractivity contribution >= 4 is 21.4 Å². The number of aromatic nitrogens is 2. The van der Waals surface area contributed by atoms with Crippen molar-refractivity contribution in [3.8, 4) is 10.6 Å². The molecule has 112 valence electrons. The van der Waals surface area contributed by atoms with Gasteiger partial charge in [0, 0.05) is 6.07 Å². The highest BCUT2D eigenvalue weighted by atomic mass is 32.2. The number of aryl methyl sites for hydroxylation is 1. The van der Waals surface area contributed by atoms with Gasteiger partial charge in [0.15, 0.2) is 0 Å². The third kappa shape index (κ3) is 2.60. The normalized spacial score (nSPS) is 11.5. The molecule has 0 atom stereocenters. The molecule has 0 saturated heterocycles. The van der Waals surface area contributed by atoms with Gasteiger partial charge in [0.25, 0.3) is 15.6 Å². The molecular formula is C15H12N2O3S2. The second kappa shape index (κ2) is 5.51. The van der Waals surface area contributed by atoms with E-state index in [4.69, 9.17) is 0 Å². The summed E-state index contributed by atoms with van der Waals surface area (Å²) in [5, 5.41) is 5.87.